The molecule has 1 N–H and O–H groups in total. The van der Waals surface area contributed by atoms with Crippen LogP contribution in [-0.2, 0) is 11.3 Å². The van der Waals surface area contributed by atoms with E-state index in [-0.39, 0.29) is 17.5 Å². The van der Waals surface area contributed by atoms with Gasteiger partial charge in [-0.3, -0.25) is 19.1 Å². The molecule has 9 heteroatoms. The van der Waals surface area contributed by atoms with Gasteiger partial charge in [0.1, 0.15) is 10.2 Å². The van der Waals surface area contributed by atoms with E-state index in [0.717, 1.165) is 22.9 Å². The Hall–Kier alpha value is -1.87. The smallest absolute Gasteiger partial charge is 0.271 e. The first-order valence-corrected chi connectivity index (χ1v) is 12.2. The summed E-state index contributed by atoms with van der Waals surface area (Å²) in [4.78, 5) is 32.1. The Morgan fingerprint density at radius 1 is 1.13 bits per heavy atom. The van der Waals surface area contributed by atoms with E-state index in [2.05, 4.69) is 27.3 Å². The van der Waals surface area contributed by atoms with Crippen molar-refractivity contribution in [3.8, 4) is 0 Å². The van der Waals surface area contributed by atoms with Crippen molar-refractivity contribution in [3.63, 3.8) is 0 Å². The number of carbonyl (C=O) groups is 1. The maximum Gasteiger partial charge on any atom is 0.271 e. The molecule has 4 heterocycles. The molecular formula is C21H21ClN4O2S2. The summed E-state index contributed by atoms with van der Waals surface area (Å²) < 4.78 is 3.27. The van der Waals surface area contributed by atoms with E-state index in [9.17, 15) is 9.59 Å². The number of nitrogens with zero attached hydrogens (tertiary/aromatic N) is 3. The van der Waals surface area contributed by atoms with Crippen molar-refractivity contribution in [2.45, 2.75) is 36.1 Å². The van der Waals surface area contributed by atoms with Crippen LogP contribution >= 0.6 is 34.7 Å². The molecule has 2 aromatic heterocycles. The Kier molecular flexibility index (Phi) is 5.58. The number of aromatic nitrogens is 2. The predicted molar refractivity (Wildman–Crippen MR) is 123 cm³/mol. The van der Waals surface area contributed by atoms with E-state index < -0.39 is 0 Å². The van der Waals surface area contributed by atoms with Crippen LogP contribution in [0.3, 0.4) is 0 Å². The number of fused-ring (bicyclic) bond motifs is 3. The quantitative estimate of drug-likeness (QED) is 0.625. The topological polar surface area (TPSA) is 67.2 Å². The van der Waals surface area contributed by atoms with E-state index >= 15 is 0 Å². The highest BCUT2D eigenvalue weighted by atomic mass is 35.5. The molecule has 30 heavy (non-hydrogen) atoms. The van der Waals surface area contributed by atoms with Crippen LogP contribution in [0.25, 0.3) is 10.2 Å². The molecule has 2 aliphatic rings. The number of rotatable bonds is 4. The van der Waals surface area contributed by atoms with Crippen molar-refractivity contribution >= 4 is 56.5 Å². The number of anilines is 1. The van der Waals surface area contributed by atoms with Gasteiger partial charge in [0.25, 0.3) is 5.56 Å². The Morgan fingerprint density at radius 3 is 2.67 bits per heavy atom. The summed E-state index contributed by atoms with van der Waals surface area (Å²) >= 11 is 9.00. The number of amides is 1. The molecule has 1 amide bonds. The molecular weight excluding hydrogens is 440 g/mol. The summed E-state index contributed by atoms with van der Waals surface area (Å²) in [6.45, 7) is 2.58. The third-order valence-electron chi connectivity index (χ3n) is 5.69. The first-order chi connectivity index (χ1) is 14.6. The number of piperidine rings is 1. The van der Waals surface area contributed by atoms with Gasteiger partial charge in [-0.1, -0.05) is 30.2 Å². The van der Waals surface area contributed by atoms with Gasteiger partial charge in [0, 0.05) is 11.6 Å². The van der Waals surface area contributed by atoms with Crippen molar-refractivity contribution in [2.24, 2.45) is 0 Å². The van der Waals surface area contributed by atoms with E-state index in [0.29, 0.717) is 33.2 Å². The number of carbonyl (C=O) groups excluding carboxylic acids is 1. The Balaban J connectivity index is 1.52. The van der Waals surface area contributed by atoms with Crippen molar-refractivity contribution in [1.82, 2.24) is 14.5 Å². The fraction of sp³-hybridized carbons (Fsp3) is 0.381. The number of benzene rings is 1. The highest BCUT2D eigenvalue weighted by Gasteiger charge is 2.26. The zero-order valence-corrected chi connectivity index (χ0v) is 18.7. The maximum absolute atomic E-state index is 13.3. The minimum Gasteiger partial charge on any atom is -0.322 e. The minimum absolute atomic E-state index is 0.0499. The Bertz CT molecular complexity index is 1150. The van der Waals surface area contributed by atoms with Crippen molar-refractivity contribution in [2.75, 3.05) is 24.2 Å². The summed E-state index contributed by atoms with van der Waals surface area (Å²) in [7, 11) is 0. The summed E-state index contributed by atoms with van der Waals surface area (Å²) in [5.41, 5.74) is 2.38. The largest absolute Gasteiger partial charge is 0.322 e. The van der Waals surface area contributed by atoms with Crippen molar-refractivity contribution < 1.29 is 4.79 Å². The van der Waals surface area contributed by atoms with Crippen LogP contribution in [0.5, 0.6) is 0 Å². The molecule has 156 valence electrons. The number of nitrogens with one attached hydrogen (secondary N) is 1. The molecule has 6 nitrogen and oxygen atoms in total. The molecule has 0 bridgehead atoms. The molecule has 2 aliphatic heterocycles. The second-order valence-corrected chi connectivity index (χ2v) is 10.3. The third-order valence-corrected chi connectivity index (χ3v) is 8.38. The molecule has 1 unspecified atom stereocenters. The van der Waals surface area contributed by atoms with Gasteiger partial charge in [0.15, 0.2) is 0 Å². The van der Waals surface area contributed by atoms with Crippen molar-refractivity contribution in [3.05, 3.63) is 51.5 Å². The number of hydrogen-bond acceptors (Lipinski definition) is 6. The third kappa shape index (κ3) is 3.77. The molecule has 1 aromatic carbocycles. The molecule has 1 fully saturated rings. The van der Waals surface area contributed by atoms with Gasteiger partial charge in [-0.2, -0.15) is 0 Å². The molecule has 0 spiro atoms. The minimum atomic E-state index is -0.0507. The molecule has 5 rings (SSSR count). The Labute approximate surface area is 187 Å². The van der Waals surface area contributed by atoms with E-state index in [1.165, 1.54) is 42.4 Å². The average Bonchev–Trinajstić information content (AvgIpc) is 3.13. The fourth-order valence-electron chi connectivity index (χ4n) is 4.16. The normalized spacial score (nSPS) is 18.2. The summed E-state index contributed by atoms with van der Waals surface area (Å²) in [5, 5.41) is 3.58. The monoisotopic (exact) mass is 460 g/mol. The maximum atomic E-state index is 13.3. The first-order valence-electron chi connectivity index (χ1n) is 10.0. The second kappa shape index (κ2) is 8.34. The molecule has 0 radical (unpaired) electrons. The van der Waals surface area contributed by atoms with Gasteiger partial charge in [-0.15, -0.1) is 23.1 Å². The molecule has 0 saturated carbocycles. The van der Waals surface area contributed by atoms with Crippen LogP contribution in [0, 0.1) is 0 Å². The lowest BCUT2D eigenvalue weighted by Gasteiger charge is -2.35. The lowest BCUT2D eigenvalue weighted by atomic mass is 10.0. The van der Waals surface area contributed by atoms with Crippen LogP contribution in [0.15, 0.2) is 39.6 Å². The van der Waals surface area contributed by atoms with Crippen LogP contribution in [0.2, 0.25) is 5.02 Å². The highest BCUT2D eigenvalue weighted by Crippen LogP contribution is 2.42. The highest BCUT2D eigenvalue weighted by molar-refractivity contribution is 8.02. The van der Waals surface area contributed by atoms with Gasteiger partial charge < -0.3 is 5.32 Å². The standard InChI is InChI=1S/C21H21ClN4O2S2/c22-14-6-4-13(5-7-14)15(25-8-2-1-3-9-25)10-26-12-23-17-18-21(29-11-16(27)24-18)30-19(17)20(26)28/h4-7,12,15H,1-3,8-11H2,(H,24,27). The number of thiophene rings is 1. The average molecular weight is 461 g/mol. The van der Waals surface area contributed by atoms with Crippen LogP contribution < -0.4 is 10.9 Å². The predicted octanol–water partition coefficient (Wildman–Crippen LogP) is 4.38. The van der Waals surface area contributed by atoms with Gasteiger partial charge in [-0.05, 0) is 43.6 Å². The second-order valence-electron chi connectivity index (χ2n) is 7.65. The van der Waals surface area contributed by atoms with Gasteiger partial charge in [0.05, 0.1) is 28.0 Å². The molecule has 0 aliphatic carbocycles. The van der Waals surface area contributed by atoms with Crippen molar-refractivity contribution in [1.29, 1.82) is 0 Å². The van der Waals surface area contributed by atoms with Crippen LogP contribution in [-0.4, -0.2) is 39.2 Å². The van der Waals surface area contributed by atoms with E-state index in [1.54, 1.807) is 10.9 Å². The molecule has 1 atom stereocenters. The lowest BCUT2D eigenvalue weighted by molar-refractivity contribution is -0.113. The summed E-state index contributed by atoms with van der Waals surface area (Å²) in [5.74, 6) is 0.327. The number of thioether (sulfide) groups is 1. The number of hydrogen-bond donors (Lipinski definition) is 1. The summed E-state index contributed by atoms with van der Waals surface area (Å²) in [6, 6.07) is 8.00. The van der Waals surface area contributed by atoms with E-state index in [1.807, 2.05) is 12.1 Å². The van der Waals surface area contributed by atoms with Gasteiger partial charge >= 0.3 is 0 Å². The molecule has 3 aromatic rings. The zero-order valence-electron chi connectivity index (χ0n) is 16.3. The number of likely N-dealkylation sites (tertiary alicyclic amines) is 1. The lowest BCUT2D eigenvalue weighted by Crippen LogP contribution is -2.37. The first kappa shape index (κ1) is 20.1. The SMILES string of the molecule is O=C1CSc2sc3c(=O)n(CC(c4ccc(Cl)cc4)N4CCCCC4)cnc3c2N1. The van der Waals surface area contributed by atoms with Crippen LogP contribution in [0.1, 0.15) is 30.9 Å². The summed E-state index contributed by atoms with van der Waals surface area (Å²) in [6.07, 6.45) is 5.22. The number of halogens is 1. The Morgan fingerprint density at radius 2 is 1.90 bits per heavy atom. The zero-order chi connectivity index (χ0) is 20.7. The van der Waals surface area contributed by atoms with Crippen LogP contribution in [0.4, 0.5) is 5.69 Å². The van der Waals surface area contributed by atoms with E-state index in [4.69, 9.17) is 11.6 Å². The molecule has 1 saturated heterocycles. The fourth-order valence-corrected chi connectivity index (χ4v) is 6.47. The van der Waals surface area contributed by atoms with Gasteiger partial charge in [-0.25, -0.2) is 4.98 Å². The van der Waals surface area contributed by atoms with Gasteiger partial charge in [0.2, 0.25) is 5.91 Å².